The van der Waals surface area contributed by atoms with Crippen molar-refractivity contribution in [3.8, 4) is 11.1 Å². The second-order valence-corrected chi connectivity index (χ2v) is 14.4. The van der Waals surface area contributed by atoms with E-state index in [-0.39, 0.29) is 18.5 Å². The molecule has 5 nitrogen and oxygen atoms in total. The highest BCUT2D eigenvalue weighted by molar-refractivity contribution is 7.26. The minimum atomic E-state index is -0.190. The smallest absolute Gasteiger partial charge is 0.141 e. The summed E-state index contributed by atoms with van der Waals surface area (Å²) >= 11 is 1.86. The molecule has 1 saturated heterocycles. The molecule has 0 spiro atoms. The van der Waals surface area contributed by atoms with Crippen molar-refractivity contribution >= 4 is 75.4 Å². The molecule has 6 heteroatoms. The molecule has 1 aliphatic heterocycles. The molecule has 0 radical (unpaired) electrons. The normalized spacial score (nSPS) is 18.2. The molecular weight excluding hydrogens is 647 g/mol. The number of para-hydroxylation sites is 2. The van der Waals surface area contributed by atoms with Crippen LogP contribution < -0.4 is 16.0 Å². The second kappa shape index (κ2) is 11.4. The Labute approximate surface area is 297 Å². The van der Waals surface area contributed by atoms with Crippen molar-refractivity contribution in [3.05, 3.63) is 168 Å². The van der Waals surface area contributed by atoms with E-state index in [2.05, 4.69) is 155 Å². The van der Waals surface area contributed by atoms with Crippen LogP contribution in [0.1, 0.15) is 35.2 Å². The molecule has 3 unspecified atom stereocenters. The van der Waals surface area contributed by atoms with Crippen molar-refractivity contribution in [3.63, 3.8) is 0 Å². The summed E-state index contributed by atoms with van der Waals surface area (Å²) in [5, 5.41) is 18.7. The lowest BCUT2D eigenvalue weighted by atomic mass is 9.99. The highest BCUT2D eigenvalue weighted by Gasteiger charge is 2.32. The molecule has 3 N–H and O–H groups in total. The monoisotopic (exact) mass is 677 g/mol. The molecular formula is C45H31N3O2S. The molecule has 51 heavy (non-hydrogen) atoms. The van der Waals surface area contributed by atoms with Crippen molar-refractivity contribution in [2.24, 2.45) is 0 Å². The maximum absolute atomic E-state index is 6.71. The summed E-state index contributed by atoms with van der Waals surface area (Å²) in [6.45, 7) is 0. The average Bonchev–Trinajstić information content (AvgIpc) is 3.88. The van der Waals surface area contributed by atoms with Crippen LogP contribution >= 0.6 is 11.3 Å². The minimum absolute atomic E-state index is 0.0912. The van der Waals surface area contributed by atoms with Gasteiger partial charge in [0.05, 0.1) is 18.5 Å². The van der Waals surface area contributed by atoms with Gasteiger partial charge in [0.1, 0.15) is 22.3 Å². The van der Waals surface area contributed by atoms with Gasteiger partial charge in [-0.05, 0) is 53.1 Å². The molecule has 244 valence electrons. The third-order valence-corrected chi connectivity index (χ3v) is 11.7. The van der Waals surface area contributed by atoms with Crippen molar-refractivity contribution < 1.29 is 8.83 Å². The van der Waals surface area contributed by atoms with Gasteiger partial charge in [0, 0.05) is 52.8 Å². The molecule has 10 aromatic rings. The van der Waals surface area contributed by atoms with E-state index in [1.54, 1.807) is 0 Å². The van der Waals surface area contributed by atoms with E-state index in [9.17, 15) is 0 Å². The molecule has 4 heterocycles. The number of furan rings is 2. The fourth-order valence-electron chi connectivity index (χ4n) is 7.97. The standard InChI is InChI=1S/C45H31N3O2S/c1-2-10-26(11-3-1)43-46-44(48-45(47-43)35-17-9-15-33-31-13-5-7-19-40(31)51-42(33)35)34-16-8-14-32-36-24-27(21-23-38(36)50-41(32)34)28-20-22-30-29-12-4-6-18-37(29)49-39(30)25-28/h1-25,43-48H. The van der Waals surface area contributed by atoms with Gasteiger partial charge in [-0.1, -0.05) is 115 Å². The first kappa shape index (κ1) is 29.0. The third-order valence-electron chi connectivity index (χ3n) is 10.4. The Bertz CT molecular complexity index is 2940. The van der Waals surface area contributed by atoms with Gasteiger partial charge >= 0.3 is 0 Å². The highest BCUT2D eigenvalue weighted by Crippen LogP contribution is 2.41. The van der Waals surface area contributed by atoms with E-state index in [1.807, 2.05) is 23.5 Å². The van der Waals surface area contributed by atoms with E-state index in [0.29, 0.717) is 0 Å². The average molecular weight is 678 g/mol. The summed E-state index contributed by atoms with van der Waals surface area (Å²) in [6, 6.07) is 53.6. The Morgan fingerprint density at radius 2 is 1.06 bits per heavy atom. The largest absolute Gasteiger partial charge is 0.456 e. The van der Waals surface area contributed by atoms with Gasteiger partial charge in [-0.15, -0.1) is 11.3 Å². The molecule has 11 rings (SSSR count). The van der Waals surface area contributed by atoms with Gasteiger partial charge in [0.15, 0.2) is 0 Å². The summed E-state index contributed by atoms with van der Waals surface area (Å²) in [6.07, 6.45) is -0.394. The predicted octanol–water partition coefficient (Wildman–Crippen LogP) is 11.7. The van der Waals surface area contributed by atoms with Crippen LogP contribution in [0.25, 0.3) is 75.2 Å². The minimum Gasteiger partial charge on any atom is -0.456 e. The zero-order chi connectivity index (χ0) is 33.5. The van der Waals surface area contributed by atoms with Crippen LogP contribution in [0.4, 0.5) is 0 Å². The van der Waals surface area contributed by atoms with Crippen LogP contribution in [-0.2, 0) is 0 Å². The van der Waals surface area contributed by atoms with Crippen LogP contribution in [0.15, 0.2) is 160 Å². The second-order valence-electron chi connectivity index (χ2n) is 13.4. The van der Waals surface area contributed by atoms with E-state index >= 15 is 0 Å². The van der Waals surface area contributed by atoms with Gasteiger partial charge < -0.3 is 8.83 Å². The van der Waals surface area contributed by atoms with Crippen molar-refractivity contribution in [1.29, 1.82) is 0 Å². The Balaban J connectivity index is 1.01. The molecule has 0 amide bonds. The van der Waals surface area contributed by atoms with Gasteiger partial charge in [0.2, 0.25) is 0 Å². The van der Waals surface area contributed by atoms with E-state index < -0.39 is 0 Å². The fraction of sp³-hybridized carbons (Fsp3) is 0.0667. The topological polar surface area (TPSA) is 62.4 Å². The number of thiophene rings is 1. The Hall–Kier alpha value is -5.76. The van der Waals surface area contributed by atoms with Crippen molar-refractivity contribution in [2.75, 3.05) is 0 Å². The Morgan fingerprint density at radius 3 is 1.96 bits per heavy atom. The highest BCUT2D eigenvalue weighted by atomic mass is 32.1. The maximum Gasteiger partial charge on any atom is 0.141 e. The summed E-state index contributed by atoms with van der Waals surface area (Å²) in [5.41, 5.74) is 9.28. The number of hydrogen-bond donors (Lipinski definition) is 3. The summed E-state index contributed by atoms with van der Waals surface area (Å²) in [7, 11) is 0. The quantitative estimate of drug-likeness (QED) is 0.173. The molecule has 0 aliphatic carbocycles. The number of hydrogen-bond acceptors (Lipinski definition) is 6. The number of fused-ring (bicyclic) bond motifs is 9. The Morgan fingerprint density at radius 1 is 0.412 bits per heavy atom. The van der Waals surface area contributed by atoms with Crippen molar-refractivity contribution in [2.45, 2.75) is 18.5 Å². The lowest BCUT2D eigenvalue weighted by Gasteiger charge is -2.39. The molecule has 0 saturated carbocycles. The number of rotatable bonds is 4. The number of benzene rings is 7. The van der Waals surface area contributed by atoms with Crippen molar-refractivity contribution in [1.82, 2.24) is 16.0 Å². The summed E-state index contributed by atoms with van der Waals surface area (Å²) < 4.78 is 15.5. The summed E-state index contributed by atoms with van der Waals surface area (Å²) in [4.78, 5) is 0. The van der Waals surface area contributed by atoms with E-state index in [0.717, 1.165) is 60.6 Å². The van der Waals surface area contributed by atoms with Crippen LogP contribution in [0.2, 0.25) is 0 Å². The van der Waals surface area contributed by atoms with Crippen LogP contribution in [0, 0.1) is 0 Å². The molecule has 1 fully saturated rings. The van der Waals surface area contributed by atoms with Gasteiger partial charge in [-0.2, -0.15) is 0 Å². The van der Waals surface area contributed by atoms with E-state index in [1.165, 1.54) is 31.3 Å². The molecule has 3 aromatic heterocycles. The lowest BCUT2D eigenvalue weighted by molar-refractivity contribution is 0.204. The van der Waals surface area contributed by atoms with Crippen LogP contribution in [0.3, 0.4) is 0 Å². The first-order valence-corrected chi connectivity index (χ1v) is 18.2. The first-order chi connectivity index (χ1) is 25.2. The molecule has 3 atom stereocenters. The van der Waals surface area contributed by atoms with E-state index in [4.69, 9.17) is 8.83 Å². The third kappa shape index (κ3) is 4.65. The van der Waals surface area contributed by atoms with Gasteiger partial charge in [0.25, 0.3) is 0 Å². The predicted molar refractivity (Wildman–Crippen MR) is 210 cm³/mol. The number of nitrogens with one attached hydrogen (secondary N) is 3. The van der Waals surface area contributed by atoms with Crippen LogP contribution in [-0.4, -0.2) is 0 Å². The SMILES string of the molecule is c1ccc(C2NC(c3cccc4c3oc3ccc(-c5ccc6c(c5)oc5ccccc56)cc34)NC(c3cccc4c3sc3ccccc34)N2)cc1. The van der Waals surface area contributed by atoms with Gasteiger partial charge in [-0.25, -0.2) is 0 Å². The zero-order valence-electron chi connectivity index (χ0n) is 27.4. The fourth-order valence-corrected chi connectivity index (χ4v) is 9.22. The molecule has 1 aliphatic rings. The van der Waals surface area contributed by atoms with Crippen LogP contribution in [0.5, 0.6) is 0 Å². The molecule has 7 aromatic carbocycles. The van der Waals surface area contributed by atoms with Gasteiger partial charge in [-0.3, -0.25) is 16.0 Å². The zero-order valence-corrected chi connectivity index (χ0v) is 28.2. The summed E-state index contributed by atoms with van der Waals surface area (Å²) in [5.74, 6) is 0. The Kier molecular flexibility index (Phi) is 6.48. The maximum atomic E-state index is 6.71. The molecule has 0 bridgehead atoms. The lowest BCUT2D eigenvalue weighted by Crippen LogP contribution is -2.54. The first-order valence-electron chi connectivity index (χ1n) is 17.4.